The lowest BCUT2D eigenvalue weighted by atomic mass is 9.75. The van der Waals surface area contributed by atoms with Crippen molar-refractivity contribution in [1.82, 2.24) is 0 Å². The number of carbonyl (C=O) groups excluding carboxylic acids is 2. The number of esters is 2. The molecule has 0 aromatic rings. The SMILES string of the molecule is CCOC(=O)C1C2CC3C(OC(=O)C31)C2C. The highest BCUT2D eigenvalue weighted by atomic mass is 16.6. The average Bonchev–Trinajstić information content (AvgIpc) is 2.82. The lowest BCUT2D eigenvalue weighted by molar-refractivity contribution is -0.155. The molecule has 2 aliphatic carbocycles. The highest BCUT2D eigenvalue weighted by molar-refractivity contribution is 5.85. The molecular weight excluding hydrogens is 208 g/mol. The highest BCUT2D eigenvalue weighted by Gasteiger charge is 2.67. The zero-order valence-electron chi connectivity index (χ0n) is 9.51. The van der Waals surface area contributed by atoms with E-state index in [4.69, 9.17) is 9.47 Å². The van der Waals surface area contributed by atoms with E-state index >= 15 is 0 Å². The standard InChI is InChI=1S/C12H16O4/c1-3-15-11(13)8-6-4-7-9(8)12(14)16-10(7)5(6)2/h5-10H,3-4H2,1-2H3. The molecule has 3 rings (SSSR count). The summed E-state index contributed by atoms with van der Waals surface area (Å²) in [5, 5.41) is 0. The molecule has 4 heteroatoms. The molecule has 0 aromatic carbocycles. The topological polar surface area (TPSA) is 52.6 Å². The van der Waals surface area contributed by atoms with Crippen LogP contribution in [0.25, 0.3) is 0 Å². The Morgan fingerprint density at radius 3 is 2.94 bits per heavy atom. The summed E-state index contributed by atoms with van der Waals surface area (Å²) < 4.78 is 10.4. The first-order chi connectivity index (χ1) is 7.65. The van der Waals surface area contributed by atoms with Gasteiger partial charge in [0, 0.05) is 5.92 Å². The Hall–Kier alpha value is -1.06. The van der Waals surface area contributed by atoms with Gasteiger partial charge in [-0.3, -0.25) is 9.59 Å². The second-order valence-electron chi connectivity index (χ2n) is 5.13. The normalized spacial score (nSPS) is 48.2. The predicted molar refractivity (Wildman–Crippen MR) is 54.3 cm³/mol. The molecule has 88 valence electrons. The van der Waals surface area contributed by atoms with E-state index in [-0.39, 0.29) is 41.7 Å². The first kappa shape index (κ1) is 10.1. The minimum Gasteiger partial charge on any atom is -0.466 e. The minimum absolute atomic E-state index is 0.0631. The molecule has 0 amide bonds. The zero-order chi connectivity index (χ0) is 11.4. The van der Waals surface area contributed by atoms with E-state index in [0.29, 0.717) is 12.5 Å². The van der Waals surface area contributed by atoms with Gasteiger partial charge in [-0.15, -0.1) is 0 Å². The van der Waals surface area contributed by atoms with Crippen molar-refractivity contribution >= 4 is 11.9 Å². The molecule has 1 aliphatic heterocycles. The third-order valence-electron chi connectivity index (χ3n) is 4.55. The monoisotopic (exact) mass is 224 g/mol. The molecule has 1 saturated heterocycles. The van der Waals surface area contributed by atoms with E-state index in [2.05, 4.69) is 6.92 Å². The van der Waals surface area contributed by atoms with Crippen molar-refractivity contribution in [3.8, 4) is 0 Å². The second-order valence-corrected chi connectivity index (χ2v) is 5.13. The van der Waals surface area contributed by atoms with E-state index in [9.17, 15) is 9.59 Å². The van der Waals surface area contributed by atoms with Crippen LogP contribution in [0.3, 0.4) is 0 Å². The van der Waals surface area contributed by atoms with Gasteiger partial charge in [0.2, 0.25) is 0 Å². The van der Waals surface area contributed by atoms with Gasteiger partial charge in [0.05, 0.1) is 18.4 Å². The molecule has 0 aromatic heterocycles. The fourth-order valence-corrected chi connectivity index (χ4v) is 3.94. The summed E-state index contributed by atoms with van der Waals surface area (Å²) in [6.45, 7) is 4.26. The van der Waals surface area contributed by atoms with Gasteiger partial charge in [0.1, 0.15) is 6.10 Å². The zero-order valence-corrected chi connectivity index (χ0v) is 9.51. The van der Waals surface area contributed by atoms with Crippen LogP contribution in [0.5, 0.6) is 0 Å². The Morgan fingerprint density at radius 2 is 2.25 bits per heavy atom. The Morgan fingerprint density at radius 1 is 1.50 bits per heavy atom. The summed E-state index contributed by atoms with van der Waals surface area (Å²) in [5.74, 6) is 0.00927. The highest BCUT2D eigenvalue weighted by Crippen LogP contribution is 2.60. The molecule has 1 heterocycles. The molecule has 2 bridgehead atoms. The summed E-state index contributed by atoms with van der Waals surface area (Å²) in [4.78, 5) is 23.6. The summed E-state index contributed by atoms with van der Waals surface area (Å²) >= 11 is 0. The van der Waals surface area contributed by atoms with Crippen molar-refractivity contribution in [2.45, 2.75) is 26.4 Å². The van der Waals surface area contributed by atoms with Gasteiger partial charge in [-0.2, -0.15) is 0 Å². The van der Waals surface area contributed by atoms with Gasteiger partial charge in [-0.05, 0) is 25.2 Å². The minimum atomic E-state index is -0.244. The first-order valence-corrected chi connectivity index (χ1v) is 6.02. The van der Waals surface area contributed by atoms with Crippen LogP contribution in [0.4, 0.5) is 0 Å². The molecular formula is C12H16O4. The van der Waals surface area contributed by atoms with Crippen LogP contribution in [0, 0.1) is 29.6 Å². The largest absolute Gasteiger partial charge is 0.466 e. The van der Waals surface area contributed by atoms with Crippen molar-refractivity contribution in [3.63, 3.8) is 0 Å². The van der Waals surface area contributed by atoms with Gasteiger partial charge < -0.3 is 9.47 Å². The van der Waals surface area contributed by atoms with Crippen LogP contribution in [-0.2, 0) is 19.1 Å². The maximum Gasteiger partial charge on any atom is 0.310 e. The second kappa shape index (κ2) is 3.22. The number of rotatable bonds is 2. The van der Waals surface area contributed by atoms with Gasteiger partial charge in [-0.25, -0.2) is 0 Å². The number of carbonyl (C=O) groups is 2. The molecule has 0 spiro atoms. The van der Waals surface area contributed by atoms with Crippen LogP contribution in [-0.4, -0.2) is 24.6 Å². The molecule has 6 atom stereocenters. The summed E-state index contributed by atoms with van der Waals surface area (Å²) in [6.07, 6.45) is 1.01. The molecule has 4 nitrogen and oxygen atoms in total. The van der Waals surface area contributed by atoms with Crippen molar-refractivity contribution in [1.29, 1.82) is 0 Å². The van der Waals surface area contributed by atoms with Gasteiger partial charge in [0.25, 0.3) is 0 Å². The first-order valence-electron chi connectivity index (χ1n) is 6.02. The van der Waals surface area contributed by atoms with Crippen LogP contribution in [0.15, 0.2) is 0 Å². The van der Waals surface area contributed by atoms with Crippen LogP contribution < -0.4 is 0 Å². The van der Waals surface area contributed by atoms with Gasteiger partial charge in [0.15, 0.2) is 0 Å². The van der Waals surface area contributed by atoms with Crippen molar-refractivity contribution in [2.75, 3.05) is 6.61 Å². The van der Waals surface area contributed by atoms with Crippen LogP contribution >= 0.6 is 0 Å². The third-order valence-corrected chi connectivity index (χ3v) is 4.55. The van der Waals surface area contributed by atoms with E-state index < -0.39 is 0 Å². The van der Waals surface area contributed by atoms with E-state index in [1.807, 2.05) is 0 Å². The van der Waals surface area contributed by atoms with Crippen molar-refractivity contribution < 1.29 is 19.1 Å². The average molecular weight is 224 g/mol. The molecule has 0 radical (unpaired) electrons. The molecule has 3 aliphatic rings. The molecule has 6 unspecified atom stereocenters. The van der Waals surface area contributed by atoms with E-state index in [1.165, 1.54) is 0 Å². The van der Waals surface area contributed by atoms with E-state index in [1.54, 1.807) is 6.92 Å². The quantitative estimate of drug-likeness (QED) is 0.656. The number of fused-ring (bicyclic) bond motifs is 1. The Bertz CT molecular complexity index is 351. The Kier molecular flexibility index (Phi) is 2.03. The fourth-order valence-electron chi connectivity index (χ4n) is 3.94. The number of ether oxygens (including phenoxy) is 2. The van der Waals surface area contributed by atoms with Gasteiger partial charge in [-0.1, -0.05) is 6.92 Å². The maximum atomic E-state index is 11.9. The predicted octanol–water partition coefficient (Wildman–Crippen LogP) is 0.993. The smallest absolute Gasteiger partial charge is 0.310 e. The Balaban J connectivity index is 1.90. The number of hydrogen-bond donors (Lipinski definition) is 0. The number of hydrogen-bond acceptors (Lipinski definition) is 4. The summed E-state index contributed by atoms with van der Waals surface area (Å²) in [6, 6.07) is 0. The van der Waals surface area contributed by atoms with Crippen molar-refractivity contribution in [3.05, 3.63) is 0 Å². The molecule has 0 N–H and O–H groups in total. The summed E-state index contributed by atoms with van der Waals surface area (Å²) in [7, 11) is 0. The van der Waals surface area contributed by atoms with Crippen LogP contribution in [0.1, 0.15) is 20.3 Å². The fraction of sp³-hybridized carbons (Fsp3) is 0.833. The van der Waals surface area contributed by atoms with E-state index in [0.717, 1.165) is 6.42 Å². The summed E-state index contributed by atoms with van der Waals surface area (Å²) in [5.41, 5.74) is 0. The third kappa shape index (κ3) is 1.05. The lowest BCUT2D eigenvalue weighted by Gasteiger charge is -2.27. The van der Waals surface area contributed by atoms with Gasteiger partial charge >= 0.3 is 11.9 Å². The molecule has 3 fully saturated rings. The Labute approximate surface area is 94.3 Å². The lowest BCUT2D eigenvalue weighted by Crippen LogP contribution is -2.37. The molecule has 16 heavy (non-hydrogen) atoms. The maximum absolute atomic E-state index is 11.9. The van der Waals surface area contributed by atoms with Crippen molar-refractivity contribution in [2.24, 2.45) is 29.6 Å². The van der Waals surface area contributed by atoms with Crippen LogP contribution in [0.2, 0.25) is 0 Å². The molecule has 2 saturated carbocycles.